The Balaban J connectivity index is 1.25. The third-order valence-corrected chi connectivity index (χ3v) is 11.6. The molecule has 0 spiro atoms. The van der Waals surface area contributed by atoms with E-state index in [2.05, 4.69) is 10.6 Å². The van der Waals surface area contributed by atoms with E-state index in [0.29, 0.717) is 31.4 Å². The number of amides is 2. The summed E-state index contributed by atoms with van der Waals surface area (Å²) in [5.41, 5.74) is -1.82. The fourth-order valence-corrected chi connectivity index (χ4v) is 8.81. The fourth-order valence-electron chi connectivity index (χ4n) is 6.41. The summed E-state index contributed by atoms with van der Waals surface area (Å²) < 4.78 is 67.6. The van der Waals surface area contributed by atoms with Gasteiger partial charge in [-0.25, -0.2) is 21.6 Å². The lowest BCUT2D eigenvalue weighted by molar-refractivity contribution is -0.175. The number of rotatable bonds is 7. The molecule has 0 aliphatic heterocycles. The van der Waals surface area contributed by atoms with E-state index in [1.54, 1.807) is 0 Å². The van der Waals surface area contributed by atoms with Crippen molar-refractivity contribution in [3.05, 3.63) is 58.4 Å². The van der Waals surface area contributed by atoms with Gasteiger partial charge in [-0.2, -0.15) is 0 Å². The monoisotopic (exact) mass is 630 g/mol. The Morgan fingerprint density at radius 1 is 0.952 bits per heavy atom. The molecule has 0 radical (unpaired) electrons. The van der Waals surface area contributed by atoms with Gasteiger partial charge < -0.3 is 26.0 Å². The zero-order valence-electron chi connectivity index (χ0n) is 22.2. The lowest BCUT2D eigenvalue weighted by Crippen LogP contribution is -2.66. The maximum atomic E-state index is 13.6. The molecule has 42 heavy (non-hydrogen) atoms. The van der Waals surface area contributed by atoms with E-state index < -0.39 is 74.0 Å². The van der Waals surface area contributed by atoms with Crippen LogP contribution < -0.4 is 10.6 Å². The molecule has 0 heterocycles. The van der Waals surface area contributed by atoms with Gasteiger partial charge in [0.05, 0.1) is 33.0 Å². The van der Waals surface area contributed by atoms with Gasteiger partial charge in [-0.15, -0.1) is 0 Å². The molecular formula is C28H30ClF3N2O7S. The molecule has 6 rings (SSSR count). The van der Waals surface area contributed by atoms with Crippen molar-refractivity contribution >= 4 is 38.9 Å². The van der Waals surface area contributed by atoms with Crippen molar-refractivity contribution in [3.8, 4) is 0 Å². The summed E-state index contributed by atoms with van der Waals surface area (Å²) in [6.07, 6.45) is -0.260. The van der Waals surface area contributed by atoms with Gasteiger partial charge in [-0.3, -0.25) is 9.59 Å². The minimum atomic E-state index is -4.08. The summed E-state index contributed by atoms with van der Waals surface area (Å²) in [5.74, 6) is -7.26. The second-order valence-corrected chi connectivity index (χ2v) is 14.1. The number of fused-ring (bicyclic) bond motifs is 2. The fraction of sp³-hybridized carbons (Fsp3) is 0.500. The molecule has 228 valence electrons. The first-order valence-electron chi connectivity index (χ1n) is 13.6. The largest absolute Gasteiger partial charge is 0.390 e. The average molecular weight is 631 g/mol. The molecule has 4 fully saturated rings. The lowest BCUT2D eigenvalue weighted by atomic mass is 9.53. The van der Waals surface area contributed by atoms with Crippen molar-refractivity contribution < 1.29 is 46.5 Å². The van der Waals surface area contributed by atoms with Gasteiger partial charge in [0.25, 0.3) is 5.91 Å². The highest BCUT2D eigenvalue weighted by molar-refractivity contribution is 7.92. The Hall–Kier alpha value is -2.71. The summed E-state index contributed by atoms with van der Waals surface area (Å²) in [6, 6.07) is 4.69. The first-order chi connectivity index (χ1) is 19.7. The topological polar surface area (TPSA) is 153 Å². The van der Waals surface area contributed by atoms with E-state index in [-0.39, 0.29) is 52.9 Å². The van der Waals surface area contributed by atoms with E-state index in [0.717, 1.165) is 6.07 Å². The number of sulfone groups is 1. The quantitative estimate of drug-likeness (QED) is 0.295. The number of carbonyl (C=O) groups excluding carboxylic acids is 2. The Morgan fingerprint density at radius 2 is 1.60 bits per heavy atom. The van der Waals surface area contributed by atoms with Crippen LogP contribution in [0.4, 0.5) is 18.9 Å². The molecule has 2 aromatic rings. The predicted octanol–water partition coefficient (Wildman–Crippen LogP) is 2.95. The summed E-state index contributed by atoms with van der Waals surface area (Å²) >= 11 is 6.22. The summed E-state index contributed by atoms with van der Waals surface area (Å²) in [6.45, 7) is -0.0654. The van der Waals surface area contributed by atoms with Gasteiger partial charge >= 0.3 is 0 Å². The minimum absolute atomic E-state index is 0.0654. The highest BCUT2D eigenvalue weighted by Crippen LogP contribution is 2.55. The van der Waals surface area contributed by atoms with Crippen molar-refractivity contribution in [2.24, 2.45) is 17.8 Å². The Kier molecular flexibility index (Phi) is 8.36. The van der Waals surface area contributed by atoms with Gasteiger partial charge in [0.15, 0.2) is 27.3 Å². The molecule has 5 atom stereocenters. The number of benzene rings is 2. The number of hydrogen-bond acceptors (Lipinski definition) is 7. The highest BCUT2D eigenvalue weighted by Gasteiger charge is 2.60. The van der Waals surface area contributed by atoms with Crippen molar-refractivity contribution in [1.29, 1.82) is 0 Å². The molecule has 9 nitrogen and oxygen atoms in total. The van der Waals surface area contributed by atoms with E-state index in [1.165, 1.54) is 12.1 Å². The third-order valence-electron chi connectivity index (χ3n) is 8.96. The van der Waals surface area contributed by atoms with Crippen LogP contribution in [0.2, 0.25) is 5.02 Å². The number of carbonyl (C=O) groups is 2. The van der Waals surface area contributed by atoms with Gasteiger partial charge in [-0.05, 0) is 68.6 Å². The number of nitrogens with one attached hydrogen (secondary N) is 2. The smallest absolute Gasteiger partial charge is 0.255 e. The lowest BCUT2D eigenvalue weighted by Gasteiger charge is -2.58. The molecule has 5 N–H and O–H groups in total. The third kappa shape index (κ3) is 5.64. The Morgan fingerprint density at radius 3 is 2.21 bits per heavy atom. The van der Waals surface area contributed by atoms with E-state index in [9.17, 15) is 46.5 Å². The number of halogens is 4. The van der Waals surface area contributed by atoms with Gasteiger partial charge in [0.2, 0.25) is 5.91 Å². The molecule has 14 heteroatoms. The second-order valence-electron chi connectivity index (χ2n) is 11.5. The van der Waals surface area contributed by atoms with E-state index >= 15 is 0 Å². The maximum Gasteiger partial charge on any atom is 0.255 e. The summed E-state index contributed by atoms with van der Waals surface area (Å²) in [5, 5.41) is 34.7. The number of anilines is 1. The molecule has 4 aliphatic carbocycles. The van der Waals surface area contributed by atoms with Crippen LogP contribution in [0.25, 0.3) is 0 Å². The zero-order valence-corrected chi connectivity index (χ0v) is 23.8. The zero-order chi connectivity index (χ0) is 30.6. The van der Waals surface area contributed by atoms with Gasteiger partial charge in [0.1, 0.15) is 0 Å². The number of aliphatic hydroxyl groups is 3. The summed E-state index contributed by atoms with van der Waals surface area (Å²) in [4.78, 5) is 25.1. The number of aliphatic hydroxyl groups excluding tert-OH is 2. The molecule has 2 bridgehead atoms. The molecule has 2 aromatic carbocycles. The van der Waals surface area contributed by atoms with Crippen molar-refractivity contribution in [3.63, 3.8) is 0 Å². The van der Waals surface area contributed by atoms with E-state index in [4.69, 9.17) is 11.6 Å². The van der Waals surface area contributed by atoms with Crippen LogP contribution in [0, 0.1) is 35.2 Å². The van der Waals surface area contributed by atoms with Crippen LogP contribution in [0.1, 0.15) is 48.9 Å². The van der Waals surface area contributed by atoms with Crippen molar-refractivity contribution in [1.82, 2.24) is 5.32 Å². The molecule has 5 unspecified atom stereocenters. The van der Waals surface area contributed by atoms with Crippen LogP contribution in [0.5, 0.6) is 0 Å². The normalized spacial score (nSPS) is 30.7. The number of hydrogen-bond donors (Lipinski definition) is 5. The molecule has 2 amide bonds. The molecule has 4 saturated carbocycles. The van der Waals surface area contributed by atoms with Crippen LogP contribution in [-0.4, -0.2) is 65.2 Å². The standard InChI is InChI=1S/C28H30ClF3N2O7S/c29-19-3-1-14(27(38)34-17-10-20(30)25(32)21(31)11-17)6-24(19)42(40,41)18-8-15-7-16(9-18)28(15,39)12-33-26(37)13-2-4-22(35)23(36)5-13/h1,3,6,10-11,13,15-16,18,22-23,35-36,39H,2,4-5,7-9,12H2,(H,33,37)(H,34,38). The minimum Gasteiger partial charge on any atom is -0.390 e. The maximum absolute atomic E-state index is 13.6. The molecule has 0 aromatic heterocycles. The average Bonchev–Trinajstić information content (AvgIpc) is 2.95. The first-order valence-corrected chi connectivity index (χ1v) is 15.5. The van der Waals surface area contributed by atoms with Gasteiger partial charge in [0, 0.05) is 35.8 Å². The van der Waals surface area contributed by atoms with Gasteiger partial charge in [-0.1, -0.05) is 11.6 Å². The molecular weight excluding hydrogens is 601 g/mol. The van der Waals surface area contributed by atoms with Crippen LogP contribution in [0.15, 0.2) is 35.2 Å². The first kappa shape index (κ1) is 30.7. The Bertz CT molecular complexity index is 1490. The SMILES string of the molecule is O=C(Nc1cc(F)c(F)c(F)c1)c1ccc(Cl)c(S(=O)(=O)C2CC3CC(C2)C3(O)CNC(=O)C2CCC(O)C(O)C2)c1. The Labute approximate surface area is 245 Å². The molecule has 4 aliphatic rings. The van der Waals surface area contributed by atoms with E-state index in [1.807, 2.05) is 0 Å². The predicted molar refractivity (Wildman–Crippen MR) is 145 cm³/mol. The highest BCUT2D eigenvalue weighted by atomic mass is 35.5. The van der Waals surface area contributed by atoms with Crippen LogP contribution in [-0.2, 0) is 14.6 Å². The van der Waals surface area contributed by atoms with Crippen molar-refractivity contribution in [2.45, 2.75) is 66.5 Å². The van der Waals surface area contributed by atoms with Crippen LogP contribution >= 0.6 is 11.6 Å². The molecule has 0 saturated heterocycles. The second kappa shape index (κ2) is 11.4. The summed E-state index contributed by atoms with van der Waals surface area (Å²) in [7, 11) is -4.08. The van der Waals surface area contributed by atoms with Crippen LogP contribution in [0.3, 0.4) is 0 Å². The van der Waals surface area contributed by atoms with Crippen molar-refractivity contribution in [2.75, 3.05) is 11.9 Å².